The van der Waals surface area contributed by atoms with Gasteiger partial charge in [-0.3, -0.25) is 0 Å². The molecule has 0 aliphatic carbocycles. The van der Waals surface area contributed by atoms with Gasteiger partial charge in [-0.1, -0.05) is 6.42 Å². The van der Waals surface area contributed by atoms with Crippen LogP contribution in [0.25, 0.3) is 0 Å². The maximum Gasteiger partial charge on any atom is 0.0638 e. The molecule has 1 atom stereocenters. The highest BCUT2D eigenvalue weighted by Crippen LogP contribution is 2.04. The van der Waals surface area contributed by atoms with Gasteiger partial charge < -0.3 is 4.90 Å². The van der Waals surface area contributed by atoms with Gasteiger partial charge >= 0.3 is 0 Å². The number of hydrogen-bond acceptors (Lipinski definition) is 3. The van der Waals surface area contributed by atoms with Gasteiger partial charge in [-0.05, 0) is 39.1 Å². The lowest BCUT2D eigenvalue weighted by Crippen LogP contribution is -2.29. The highest BCUT2D eigenvalue weighted by molar-refractivity contribution is 7.80. The smallest absolute Gasteiger partial charge is 0.0638 e. The van der Waals surface area contributed by atoms with Gasteiger partial charge in [0.1, 0.15) is 0 Å². The van der Waals surface area contributed by atoms with Crippen molar-refractivity contribution >= 4 is 12.6 Å². The average Bonchev–Trinajstić information content (AvgIpc) is 2.12. The van der Waals surface area contributed by atoms with E-state index >= 15 is 0 Å². The van der Waals surface area contributed by atoms with E-state index in [2.05, 4.69) is 37.6 Å². The number of thiol groups is 1. The fourth-order valence-electron chi connectivity index (χ4n) is 1.16. The van der Waals surface area contributed by atoms with Gasteiger partial charge in [0.15, 0.2) is 0 Å². The van der Waals surface area contributed by atoms with Gasteiger partial charge in [-0.25, -0.2) is 0 Å². The molecule has 2 nitrogen and oxygen atoms in total. The van der Waals surface area contributed by atoms with Crippen LogP contribution in [0.4, 0.5) is 0 Å². The molecule has 0 saturated carbocycles. The van der Waals surface area contributed by atoms with Crippen LogP contribution in [0.3, 0.4) is 0 Å². The Morgan fingerprint density at radius 3 is 2.62 bits per heavy atom. The molecule has 0 rings (SSSR count). The quantitative estimate of drug-likeness (QED) is 0.504. The van der Waals surface area contributed by atoms with Crippen molar-refractivity contribution in [3.63, 3.8) is 0 Å². The van der Waals surface area contributed by atoms with Crippen LogP contribution in [-0.2, 0) is 0 Å². The molecule has 0 bridgehead atoms. The first-order chi connectivity index (χ1) is 6.22. The monoisotopic (exact) mass is 200 g/mol. The summed E-state index contributed by atoms with van der Waals surface area (Å²) in [5.41, 5.74) is 0. The van der Waals surface area contributed by atoms with Crippen molar-refractivity contribution in [2.45, 2.75) is 38.6 Å². The zero-order chi connectivity index (χ0) is 10.1. The molecule has 0 fully saturated rings. The molecule has 0 aromatic rings. The van der Waals surface area contributed by atoms with E-state index in [9.17, 15) is 0 Å². The summed E-state index contributed by atoms with van der Waals surface area (Å²) in [5, 5.41) is 8.51. The van der Waals surface area contributed by atoms with Crippen LogP contribution in [0, 0.1) is 11.3 Å². The SMILES string of the molecule is CC(CC#N)N(C)CCCCCS. The van der Waals surface area contributed by atoms with Gasteiger partial charge in [0.05, 0.1) is 12.5 Å². The molecule has 0 spiro atoms. The van der Waals surface area contributed by atoms with E-state index < -0.39 is 0 Å². The van der Waals surface area contributed by atoms with E-state index in [1.807, 2.05) is 0 Å². The van der Waals surface area contributed by atoms with Crippen LogP contribution in [0.5, 0.6) is 0 Å². The highest BCUT2D eigenvalue weighted by Gasteiger charge is 2.06. The van der Waals surface area contributed by atoms with Crippen molar-refractivity contribution in [3.8, 4) is 6.07 Å². The van der Waals surface area contributed by atoms with Crippen molar-refractivity contribution in [3.05, 3.63) is 0 Å². The van der Waals surface area contributed by atoms with Crippen molar-refractivity contribution in [2.24, 2.45) is 0 Å². The van der Waals surface area contributed by atoms with Gasteiger partial charge in [0.2, 0.25) is 0 Å². The van der Waals surface area contributed by atoms with Gasteiger partial charge in [0.25, 0.3) is 0 Å². The topological polar surface area (TPSA) is 27.0 Å². The van der Waals surface area contributed by atoms with Crippen molar-refractivity contribution in [1.29, 1.82) is 5.26 Å². The predicted molar refractivity (Wildman–Crippen MR) is 60.0 cm³/mol. The zero-order valence-electron chi connectivity index (χ0n) is 8.66. The maximum absolute atomic E-state index is 8.51. The van der Waals surface area contributed by atoms with E-state index in [4.69, 9.17) is 5.26 Å². The maximum atomic E-state index is 8.51. The molecule has 0 aromatic carbocycles. The lowest BCUT2D eigenvalue weighted by molar-refractivity contribution is 0.255. The molecule has 0 aliphatic rings. The molecule has 13 heavy (non-hydrogen) atoms. The molecule has 76 valence electrons. The molecule has 3 heteroatoms. The van der Waals surface area contributed by atoms with Crippen LogP contribution in [-0.4, -0.2) is 30.3 Å². The zero-order valence-corrected chi connectivity index (χ0v) is 9.56. The average molecular weight is 200 g/mol. The minimum atomic E-state index is 0.390. The molecule has 0 aromatic heterocycles. The number of nitriles is 1. The Labute approximate surface area is 87.3 Å². The van der Waals surface area contributed by atoms with Gasteiger partial charge in [0, 0.05) is 6.04 Å². The summed E-state index contributed by atoms with van der Waals surface area (Å²) >= 11 is 4.16. The number of hydrogen-bond donors (Lipinski definition) is 1. The number of rotatable bonds is 7. The minimum Gasteiger partial charge on any atom is -0.303 e. The Balaban J connectivity index is 3.39. The second-order valence-electron chi connectivity index (χ2n) is 3.48. The largest absolute Gasteiger partial charge is 0.303 e. The molecule has 0 aliphatic heterocycles. The third-order valence-electron chi connectivity index (χ3n) is 2.31. The summed E-state index contributed by atoms with van der Waals surface area (Å²) in [5.74, 6) is 0.984. The summed E-state index contributed by atoms with van der Waals surface area (Å²) in [6.07, 6.45) is 4.28. The molecule has 0 radical (unpaired) electrons. The van der Waals surface area contributed by atoms with E-state index in [-0.39, 0.29) is 0 Å². The first-order valence-corrected chi connectivity index (χ1v) is 5.53. The molecular weight excluding hydrogens is 180 g/mol. The fraction of sp³-hybridized carbons (Fsp3) is 0.900. The fourth-order valence-corrected chi connectivity index (χ4v) is 1.38. The molecule has 0 heterocycles. The van der Waals surface area contributed by atoms with Crippen LogP contribution in [0.15, 0.2) is 0 Å². The Kier molecular flexibility index (Phi) is 8.27. The van der Waals surface area contributed by atoms with Crippen molar-refractivity contribution < 1.29 is 0 Å². The minimum absolute atomic E-state index is 0.390. The Morgan fingerprint density at radius 2 is 2.08 bits per heavy atom. The molecule has 1 unspecified atom stereocenters. The first kappa shape index (κ1) is 12.8. The molecular formula is C10H20N2S. The van der Waals surface area contributed by atoms with Gasteiger partial charge in [-0.2, -0.15) is 17.9 Å². The molecule has 0 saturated heterocycles. The summed E-state index contributed by atoms with van der Waals surface area (Å²) in [6, 6.07) is 2.59. The number of unbranched alkanes of at least 4 members (excludes halogenated alkanes) is 2. The van der Waals surface area contributed by atoms with Crippen LogP contribution in [0.1, 0.15) is 32.6 Å². The van der Waals surface area contributed by atoms with Crippen molar-refractivity contribution in [2.75, 3.05) is 19.3 Å². The van der Waals surface area contributed by atoms with E-state index in [1.165, 1.54) is 19.3 Å². The predicted octanol–water partition coefficient (Wildman–Crippen LogP) is 2.32. The second-order valence-corrected chi connectivity index (χ2v) is 3.92. The molecule has 0 N–H and O–H groups in total. The Morgan fingerprint density at radius 1 is 1.38 bits per heavy atom. The van der Waals surface area contributed by atoms with E-state index in [0.717, 1.165) is 12.3 Å². The summed E-state index contributed by atoms with van der Waals surface area (Å²) < 4.78 is 0. The summed E-state index contributed by atoms with van der Waals surface area (Å²) in [7, 11) is 2.09. The molecule has 0 amide bonds. The summed E-state index contributed by atoms with van der Waals surface area (Å²) in [6.45, 7) is 3.19. The lowest BCUT2D eigenvalue weighted by atomic mass is 10.2. The van der Waals surface area contributed by atoms with Crippen LogP contribution in [0.2, 0.25) is 0 Å². The lowest BCUT2D eigenvalue weighted by Gasteiger charge is -2.22. The van der Waals surface area contributed by atoms with Crippen LogP contribution >= 0.6 is 12.6 Å². The number of nitrogens with zero attached hydrogens (tertiary/aromatic N) is 2. The van der Waals surface area contributed by atoms with Gasteiger partial charge in [-0.15, -0.1) is 0 Å². The van der Waals surface area contributed by atoms with Crippen LogP contribution < -0.4 is 0 Å². The second kappa shape index (κ2) is 8.40. The third kappa shape index (κ3) is 6.92. The Hall–Kier alpha value is -0.200. The highest BCUT2D eigenvalue weighted by atomic mass is 32.1. The first-order valence-electron chi connectivity index (χ1n) is 4.90. The van der Waals surface area contributed by atoms with E-state index in [1.54, 1.807) is 0 Å². The van der Waals surface area contributed by atoms with E-state index in [0.29, 0.717) is 12.5 Å². The van der Waals surface area contributed by atoms with Crippen molar-refractivity contribution in [1.82, 2.24) is 4.90 Å². The third-order valence-corrected chi connectivity index (χ3v) is 2.62. The Bertz CT molecular complexity index is 153. The summed E-state index contributed by atoms with van der Waals surface area (Å²) in [4.78, 5) is 2.25. The standard InChI is InChI=1S/C10H20N2S/c1-10(6-7-11)12(2)8-4-3-5-9-13/h10,13H,3-6,8-9H2,1-2H3. The normalized spacial score (nSPS) is 12.8.